The molecule has 5 heteroatoms. The highest BCUT2D eigenvalue weighted by Gasteiger charge is 2.31. The summed E-state index contributed by atoms with van der Waals surface area (Å²) in [4.78, 5) is 27.0. The molecule has 112 valence electrons. The second-order valence-corrected chi connectivity index (χ2v) is 5.90. The summed E-state index contributed by atoms with van der Waals surface area (Å²) in [5.74, 6) is -0.203. The first-order valence-electron chi connectivity index (χ1n) is 7.43. The van der Waals surface area contributed by atoms with Crippen molar-refractivity contribution < 1.29 is 9.59 Å². The number of hydrogen-bond acceptors (Lipinski definition) is 4. The molecule has 0 spiro atoms. The Morgan fingerprint density at radius 1 is 1.24 bits per heavy atom. The number of rotatable bonds is 3. The number of carbonyl (C=O) groups is 2. The quantitative estimate of drug-likeness (QED) is 0.840. The fourth-order valence-corrected chi connectivity index (χ4v) is 3.08. The number of imide groups is 1. The van der Waals surface area contributed by atoms with Gasteiger partial charge in [-0.1, -0.05) is 12.1 Å². The van der Waals surface area contributed by atoms with Crippen molar-refractivity contribution in [1.29, 1.82) is 0 Å². The lowest BCUT2D eigenvalue weighted by Gasteiger charge is -2.28. The van der Waals surface area contributed by atoms with E-state index in [1.165, 1.54) is 21.7 Å². The molecular weight excluding hydrogens is 266 g/mol. The van der Waals surface area contributed by atoms with E-state index in [1.807, 2.05) is 0 Å². The van der Waals surface area contributed by atoms with E-state index >= 15 is 0 Å². The number of carbonyl (C=O) groups excluding carboxylic acids is 2. The highest BCUT2D eigenvalue weighted by Crippen LogP contribution is 2.27. The first kappa shape index (κ1) is 14.1. The van der Waals surface area contributed by atoms with Crippen LogP contribution in [0.5, 0.6) is 0 Å². The topological polar surface area (TPSA) is 52.7 Å². The maximum atomic E-state index is 12.0. The van der Waals surface area contributed by atoms with Gasteiger partial charge in [-0.05, 0) is 30.0 Å². The molecule has 0 aliphatic carbocycles. The normalized spacial score (nSPS) is 21.9. The minimum absolute atomic E-state index is 0.0846. The van der Waals surface area contributed by atoms with Gasteiger partial charge in [0.05, 0.1) is 6.04 Å². The Kier molecular flexibility index (Phi) is 3.68. The molecule has 21 heavy (non-hydrogen) atoms. The molecule has 1 fully saturated rings. The van der Waals surface area contributed by atoms with Crippen molar-refractivity contribution >= 4 is 17.5 Å². The Hall–Kier alpha value is -1.88. The van der Waals surface area contributed by atoms with Crippen molar-refractivity contribution in [3.63, 3.8) is 0 Å². The number of hydrogen-bond donors (Lipinski definition) is 1. The first-order chi connectivity index (χ1) is 10.1. The summed E-state index contributed by atoms with van der Waals surface area (Å²) in [6, 6.07) is 6.23. The molecule has 5 nitrogen and oxygen atoms in total. The molecule has 2 heterocycles. The highest BCUT2D eigenvalue weighted by molar-refractivity contribution is 6.00. The van der Waals surface area contributed by atoms with E-state index in [2.05, 4.69) is 35.5 Å². The summed E-state index contributed by atoms with van der Waals surface area (Å²) in [6.07, 6.45) is 2.11. The monoisotopic (exact) mass is 287 g/mol. The lowest BCUT2D eigenvalue weighted by Crippen LogP contribution is -2.51. The molecule has 1 saturated heterocycles. The standard InChI is InChI=1S/C16H21N3O2/c1-18-8-7-12-9-11(3-5-14(12)18)10-17-13-4-6-15(20)19(2)16(13)21/h3,5,9,13,17H,4,6-8,10H2,1-2H3. The predicted octanol–water partition coefficient (Wildman–Crippen LogP) is 0.916. The SMILES string of the molecule is CN1C(=O)CCC(NCc2ccc3c(c2)CCN3C)C1=O. The zero-order valence-corrected chi connectivity index (χ0v) is 12.6. The third-order valence-corrected chi connectivity index (χ3v) is 4.47. The molecule has 0 saturated carbocycles. The van der Waals surface area contributed by atoms with Gasteiger partial charge in [-0.25, -0.2) is 0 Å². The molecule has 1 atom stereocenters. The fraction of sp³-hybridized carbons (Fsp3) is 0.500. The second kappa shape index (κ2) is 5.48. The van der Waals surface area contributed by atoms with Crippen LogP contribution in [-0.2, 0) is 22.6 Å². The van der Waals surface area contributed by atoms with Crippen LogP contribution in [0, 0.1) is 0 Å². The van der Waals surface area contributed by atoms with Crippen LogP contribution < -0.4 is 10.2 Å². The van der Waals surface area contributed by atoms with Gasteiger partial charge in [-0.2, -0.15) is 0 Å². The predicted molar refractivity (Wildman–Crippen MR) is 81.1 cm³/mol. The Bertz CT molecular complexity index is 585. The van der Waals surface area contributed by atoms with Crippen LogP contribution in [0.25, 0.3) is 0 Å². The maximum Gasteiger partial charge on any atom is 0.246 e. The summed E-state index contributed by atoms with van der Waals surface area (Å²) in [7, 11) is 3.67. The number of piperidine rings is 1. The van der Waals surface area contributed by atoms with E-state index < -0.39 is 0 Å². The van der Waals surface area contributed by atoms with E-state index in [0.717, 1.165) is 13.0 Å². The third-order valence-electron chi connectivity index (χ3n) is 4.47. The van der Waals surface area contributed by atoms with Crippen molar-refractivity contribution in [3.8, 4) is 0 Å². The Balaban J connectivity index is 1.63. The zero-order chi connectivity index (χ0) is 15.0. The molecular formula is C16H21N3O2. The van der Waals surface area contributed by atoms with Gasteiger partial charge in [0.2, 0.25) is 11.8 Å². The van der Waals surface area contributed by atoms with Crippen molar-refractivity contribution in [2.24, 2.45) is 0 Å². The van der Waals surface area contributed by atoms with Crippen molar-refractivity contribution in [2.75, 3.05) is 25.5 Å². The number of nitrogens with zero attached hydrogens (tertiary/aromatic N) is 2. The van der Waals surface area contributed by atoms with Crippen molar-refractivity contribution in [2.45, 2.75) is 31.8 Å². The lowest BCUT2D eigenvalue weighted by atomic mass is 10.0. The van der Waals surface area contributed by atoms with E-state index in [-0.39, 0.29) is 17.9 Å². The first-order valence-corrected chi connectivity index (χ1v) is 7.43. The van der Waals surface area contributed by atoms with Gasteiger partial charge >= 0.3 is 0 Å². The number of likely N-dealkylation sites (tertiary alicyclic amines) is 1. The van der Waals surface area contributed by atoms with E-state index in [0.29, 0.717) is 19.4 Å². The molecule has 3 rings (SSSR count). The third kappa shape index (κ3) is 2.65. The minimum Gasteiger partial charge on any atom is -0.374 e. The van der Waals surface area contributed by atoms with Crippen LogP contribution in [0.4, 0.5) is 5.69 Å². The number of anilines is 1. The number of benzene rings is 1. The van der Waals surface area contributed by atoms with Gasteiger partial charge in [0.25, 0.3) is 0 Å². The molecule has 1 unspecified atom stereocenters. The minimum atomic E-state index is -0.247. The van der Waals surface area contributed by atoms with Gasteiger partial charge in [0.15, 0.2) is 0 Å². The molecule has 2 aliphatic rings. The van der Waals surface area contributed by atoms with Crippen molar-refractivity contribution in [1.82, 2.24) is 10.2 Å². The zero-order valence-electron chi connectivity index (χ0n) is 12.6. The van der Waals surface area contributed by atoms with Crippen molar-refractivity contribution in [3.05, 3.63) is 29.3 Å². The average molecular weight is 287 g/mol. The van der Waals surface area contributed by atoms with Gasteiger partial charge in [0, 0.05) is 39.3 Å². The number of nitrogens with one attached hydrogen (secondary N) is 1. The number of amides is 2. The van der Waals surface area contributed by atoms with Crippen LogP contribution >= 0.6 is 0 Å². The Morgan fingerprint density at radius 2 is 2.05 bits per heavy atom. The largest absolute Gasteiger partial charge is 0.374 e. The van der Waals surface area contributed by atoms with Gasteiger partial charge in [0.1, 0.15) is 0 Å². The highest BCUT2D eigenvalue weighted by atomic mass is 16.2. The van der Waals surface area contributed by atoms with Crippen LogP contribution in [0.15, 0.2) is 18.2 Å². The van der Waals surface area contributed by atoms with Crippen LogP contribution in [0.2, 0.25) is 0 Å². The molecule has 0 radical (unpaired) electrons. The molecule has 0 aromatic heterocycles. The fourth-order valence-electron chi connectivity index (χ4n) is 3.08. The van der Waals surface area contributed by atoms with E-state index in [9.17, 15) is 9.59 Å². The summed E-state index contributed by atoms with van der Waals surface area (Å²) < 4.78 is 0. The number of fused-ring (bicyclic) bond motifs is 1. The molecule has 2 aliphatic heterocycles. The van der Waals surface area contributed by atoms with Gasteiger partial charge < -0.3 is 10.2 Å². The maximum absolute atomic E-state index is 12.0. The summed E-state index contributed by atoms with van der Waals surface area (Å²) in [6.45, 7) is 1.73. The van der Waals surface area contributed by atoms with Gasteiger partial charge in [-0.15, -0.1) is 0 Å². The summed E-state index contributed by atoms with van der Waals surface area (Å²) >= 11 is 0. The lowest BCUT2D eigenvalue weighted by molar-refractivity contribution is -0.148. The van der Waals surface area contributed by atoms with Crippen LogP contribution in [0.3, 0.4) is 0 Å². The molecule has 1 aromatic carbocycles. The molecule has 1 aromatic rings. The van der Waals surface area contributed by atoms with E-state index in [1.54, 1.807) is 7.05 Å². The second-order valence-electron chi connectivity index (χ2n) is 5.90. The van der Waals surface area contributed by atoms with Crippen LogP contribution in [0.1, 0.15) is 24.0 Å². The average Bonchev–Trinajstić information content (AvgIpc) is 2.85. The van der Waals surface area contributed by atoms with Crippen LogP contribution in [-0.4, -0.2) is 43.4 Å². The smallest absolute Gasteiger partial charge is 0.246 e. The van der Waals surface area contributed by atoms with E-state index in [4.69, 9.17) is 0 Å². The molecule has 2 amide bonds. The molecule has 1 N–H and O–H groups in total. The Morgan fingerprint density at radius 3 is 2.86 bits per heavy atom. The molecule has 0 bridgehead atoms. The summed E-state index contributed by atoms with van der Waals surface area (Å²) in [5.41, 5.74) is 3.87. The van der Waals surface area contributed by atoms with Gasteiger partial charge in [-0.3, -0.25) is 14.5 Å². The number of likely N-dealkylation sites (N-methyl/N-ethyl adjacent to an activating group) is 2. The summed E-state index contributed by atoms with van der Waals surface area (Å²) in [5, 5.41) is 3.28. The Labute approximate surface area is 124 Å².